The third-order valence-corrected chi connectivity index (χ3v) is 3.02. The van der Waals surface area contributed by atoms with Crippen LogP contribution in [0.1, 0.15) is 31.2 Å². The molecule has 0 amide bonds. The van der Waals surface area contributed by atoms with Gasteiger partial charge in [0.2, 0.25) is 0 Å². The first kappa shape index (κ1) is 14.9. The Kier molecular flexibility index (Phi) is 8.19. The standard InChI is InChI=1S/C16H24O2/c1-2-8-15(13-17)9-6-7-12-18-14-16-10-4-3-5-11-16/h2-5,10-11,15,17H,1,6-9,12-14H2. The van der Waals surface area contributed by atoms with Crippen LogP contribution < -0.4 is 0 Å². The summed E-state index contributed by atoms with van der Waals surface area (Å²) >= 11 is 0. The average Bonchev–Trinajstić information content (AvgIpc) is 2.42. The molecule has 1 rings (SSSR count). The molecule has 2 heteroatoms. The van der Waals surface area contributed by atoms with Gasteiger partial charge in [-0.3, -0.25) is 0 Å². The number of aliphatic hydroxyl groups is 1. The molecule has 0 aromatic heterocycles. The van der Waals surface area contributed by atoms with E-state index in [2.05, 4.69) is 18.7 Å². The van der Waals surface area contributed by atoms with Gasteiger partial charge in [-0.1, -0.05) is 42.8 Å². The predicted octanol–water partition coefficient (Wildman–Crippen LogP) is 3.56. The van der Waals surface area contributed by atoms with E-state index in [1.54, 1.807) is 0 Å². The Hall–Kier alpha value is -1.12. The maximum absolute atomic E-state index is 9.13. The minimum atomic E-state index is 0.261. The van der Waals surface area contributed by atoms with Crippen LogP contribution >= 0.6 is 0 Å². The molecule has 0 spiro atoms. The first-order valence-electron chi connectivity index (χ1n) is 6.70. The smallest absolute Gasteiger partial charge is 0.0716 e. The Labute approximate surface area is 110 Å². The maximum Gasteiger partial charge on any atom is 0.0716 e. The van der Waals surface area contributed by atoms with Crippen LogP contribution in [0.5, 0.6) is 0 Å². The zero-order chi connectivity index (χ0) is 13.1. The van der Waals surface area contributed by atoms with E-state index in [1.165, 1.54) is 5.56 Å². The van der Waals surface area contributed by atoms with Crippen molar-refractivity contribution in [1.29, 1.82) is 0 Å². The molecular formula is C16H24O2. The number of allylic oxidation sites excluding steroid dienone is 1. The van der Waals surface area contributed by atoms with Crippen LogP contribution in [0.25, 0.3) is 0 Å². The molecule has 1 aromatic rings. The highest BCUT2D eigenvalue weighted by molar-refractivity contribution is 5.13. The summed E-state index contributed by atoms with van der Waals surface area (Å²) in [7, 11) is 0. The molecule has 1 N–H and O–H groups in total. The first-order chi connectivity index (χ1) is 8.86. The molecule has 0 radical (unpaired) electrons. The molecule has 0 bridgehead atoms. The van der Waals surface area contributed by atoms with Crippen molar-refractivity contribution in [2.75, 3.05) is 13.2 Å². The summed E-state index contributed by atoms with van der Waals surface area (Å²) < 4.78 is 5.61. The van der Waals surface area contributed by atoms with Gasteiger partial charge in [0.25, 0.3) is 0 Å². The van der Waals surface area contributed by atoms with Gasteiger partial charge >= 0.3 is 0 Å². The third kappa shape index (κ3) is 6.58. The Morgan fingerprint density at radius 3 is 2.67 bits per heavy atom. The SMILES string of the molecule is C=CCC(CO)CCCCOCc1ccccc1. The van der Waals surface area contributed by atoms with Crippen LogP contribution in [0.3, 0.4) is 0 Å². The van der Waals surface area contributed by atoms with Gasteiger partial charge in [-0.2, -0.15) is 0 Å². The molecule has 1 aromatic carbocycles. The fraction of sp³-hybridized carbons (Fsp3) is 0.500. The number of hydrogen-bond donors (Lipinski definition) is 1. The summed E-state index contributed by atoms with van der Waals surface area (Å²) in [6.45, 7) is 5.45. The van der Waals surface area contributed by atoms with Crippen LogP contribution in [-0.2, 0) is 11.3 Å². The van der Waals surface area contributed by atoms with Gasteiger partial charge in [-0.25, -0.2) is 0 Å². The highest BCUT2D eigenvalue weighted by Gasteiger charge is 2.04. The molecule has 0 fully saturated rings. The lowest BCUT2D eigenvalue weighted by Crippen LogP contribution is -2.05. The highest BCUT2D eigenvalue weighted by atomic mass is 16.5. The normalized spacial score (nSPS) is 12.3. The number of unbranched alkanes of at least 4 members (excludes halogenated alkanes) is 1. The molecule has 1 unspecified atom stereocenters. The lowest BCUT2D eigenvalue weighted by molar-refractivity contribution is 0.114. The number of aliphatic hydroxyl groups excluding tert-OH is 1. The largest absolute Gasteiger partial charge is 0.396 e. The van der Waals surface area contributed by atoms with Gasteiger partial charge in [0, 0.05) is 13.2 Å². The molecule has 0 aliphatic carbocycles. The lowest BCUT2D eigenvalue weighted by Gasteiger charge is -2.11. The van der Waals surface area contributed by atoms with Crippen molar-refractivity contribution >= 4 is 0 Å². The van der Waals surface area contributed by atoms with E-state index >= 15 is 0 Å². The van der Waals surface area contributed by atoms with Gasteiger partial charge in [0.05, 0.1) is 6.61 Å². The zero-order valence-corrected chi connectivity index (χ0v) is 11.1. The van der Waals surface area contributed by atoms with E-state index in [0.717, 1.165) is 32.3 Å². The molecule has 1 atom stereocenters. The Morgan fingerprint density at radius 1 is 1.22 bits per heavy atom. The van der Waals surface area contributed by atoms with E-state index < -0.39 is 0 Å². The van der Waals surface area contributed by atoms with Crippen molar-refractivity contribution in [1.82, 2.24) is 0 Å². The minimum absolute atomic E-state index is 0.261. The summed E-state index contributed by atoms with van der Waals surface area (Å²) in [5.41, 5.74) is 1.22. The molecule has 0 aliphatic heterocycles. The average molecular weight is 248 g/mol. The zero-order valence-electron chi connectivity index (χ0n) is 11.1. The predicted molar refractivity (Wildman–Crippen MR) is 75.3 cm³/mol. The van der Waals surface area contributed by atoms with Gasteiger partial charge in [-0.15, -0.1) is 6.58 Å². The molecule has 0 saturated carbocycles. The lowest BCUT2D eigenvalue weighted by atomic mass is 9.99. The third-order valence-electron chi connectivity index (χ3n) is 3.02. The summed E-state index contributed by atoms with van der Waals surface area (Å²) in [4.78, 5) is 0. The molecule has 18 heavy (non-hydrogen) atoms. The topological polar surface area (TPSA) is 29.5 Å². The van der Waals surface area contributed by atoms with Crippen LogP contribution in [0, 0.1) is 5.92 Å². The molecule has 0 heterocycles. The maximum atomic E-state index is 9.13. The van der Waals surface area contributed by atoms with Crippen molar-refractivity contribution in [3.63, 3.8) is 0 Å². The van der Waals surface area contributed by atoms with E-state index in [-0.39, 0.29) is 6.61 Å². The second-order valence-electron chi connectivity index (χ2n) is 4.61. The summed E-state index contributed by atoms with van der Waals surface area (Å²) in [5.74, 6) is 0.372. The Balaban J connectivity index is 2.00. The van der Waals surface area contributed by atoms with Gasteiger partial charge < -0.3 is 9.84 Å². The number of hydrogen-bond acceptors (Lipinski definition) is 2. The molecule has 2 nitrogen and oxygen atoms in total. The Morgan fingerprint density at radius 2 is 2.00 bits per heavy atom. The second-order valence-corrected chi connectivity index (χ2v) is 4.61. The van der Waals surface area contributed by atoms with E-state index in [4.69, 9.17) is 9.84 Å². The molecule has 100 valence electrons. The van der Waals surface area contributed by atoms with E-state index in [0.29, 0.717) is 12.5 Å². The fourth-order valence-corrected chi connectivity index (χ4v) is 1.92. The van der Waals surface area contributed by atoms with Gasteiger partial charge in [0.1, 0.15) is 0 Å². The monoisotopic (exact) mass is 248 g/mol. The number of rotatable bonds is 10. The van der Waals surface area contributed by atoms with E-state index in [1.807, 2.05) is 24.3 Å². The molecule has 0 aliphatic rings. The highest BCUT2D eigenvalue weighted by Crippen LogP contribution is 2.12. The van der Waals surface area contributed by atoms with Crippen LogP contribution in [0.4, 0.5) is 0 Å². The molecular weight excluding hydrogens is 224 g/mol. The summed E-state index contributed by atoms with van der Waals surface area (Å²) in [6.07, 6.45) is 6.00. The number of ether oxygens (including phenoxy) is 1. The summed E-state index contributed by atoms with van der Waals surface area (Å²) in [5, 5.41) is 9.13. The van der Waals surface area contributed by atoms with Crippen LogP contribution in [-0.4, -0.2) is 18.3 Å². The fourth-order valence-electron chi connectivity index (χ4n) is 1.92. The van der Waals surface area contributed by atoms with Crippen LogP contribution in [0.15, 0.2) is 43.0 Å². The Bertz CT molecular complexity index is 308. The number of benzene rings is 1. The van der Waals surface area contributed by atoms with Gasteiger partial charge in [-0.05, 0) is 30.7 Å². The first-order valence-corrected chi connectivity index (χ1v) is 6.70. The molecule has 0 saturated heterocycles. The quantitative estimate of drug-likeness (QED) is 0.507. The van der Waals surface area contributed by atoms with Crippen molar-refractivity contribution in [2.24, 2.45) is 5.92 Å². The van der Waals surface area contributed by atoms with Crippen molar-refractivity contribution in [3.8, 4) is 0 Å². The van der Waals surface area contributed by atoms with Crippen LogP contribution in [0.2, 0.25) is 0 Å². The second kappa shape index (κ2) is 9.86. The van der Waals surface area contributed by atoms with Crippen molar-refractivity contribution in [3.05, 3.63) is 48.6 Å². The van der Waals surface area contributed by atoms with E-state index in [9.17, 15) is 0 Å². The minimum Gasteiger partial charge on any atom is -0.396 e. The summed E-state index contributed by atoms with van der Waals surface area (Å²) in [6, 6.07) is 10.2. The van der Waals surface area contributed by atoms with Crippen molar-refractivity contribution < 1.29 is 9.84 Å². The van der Waals surface area contributed by atoms with Gasteiger partial charge in [0.15, 0.2) is 0 Å². The van der Waals surface area contributed by atoms with Crippen molar-refractivity contribution in [2.45, 2.75) is 32.3 Å².